The van der Waals surface area contributed by atoms with Crippen LogP contribution in [0, 0.1) is 0 Å². The number of rotatable bonds is 7. The Hall–Kier alpha value is -1.62. The van der Waals surface area contributed by atoms with Gasteiger partial charge in [-0.25, -0.2) is 0 Å². The molecule has 1 aromatic carbocycles. The largest absolute Gasteiger partial charge is 0.496 e. The number of benzene rings is 1. The van der Waals surface area contributed by atoms with E-state index in [4.69, 9.17) is 25.8 Å². The van der Waals surface area contributed by atoms with Gasteiger partial charge in [0, 0.05) is 18.0 Å². The standard InChI is InChI=1S/C15H22ClNO4/c1-6-15(2,9-16)17-14(18)10-7-12(20-4)13(21-5)8-11(10)19-3/h7-8H,6,9H2,1-5H3,(H,17,18). The Balaban J connectivity index is 3.19. The van der Waals surface area contributed by atoms with Crippen LogP contribution in [0.2, 0.25) is 0 Å². The monoisotopic (exact) mass is 315 g/mol. The predicted molar refractivity (Wildman–Crippen MR) is 83.0 cm³/mol. The van der Waals surface area contributed by atoms with Gasteiger partial charge in [-0.1, -0.05) is 6.92 Å². The molecule has 0 aliphatic carbocycles. The lowest BCUT2D eigenvalue weighted by Crippen LogP contribution is -2.47. The number of alkyl halides is 1. The third-order valence-electron chi connectivity index (χ3n) is 3.44. The van der Waals surface area contributed by atoms with Gasteiger partial charge in [0.05, 0.1) is 32.4 Å². The van der Waals surface area contributed by atoms with Crippen molar-refractivity contribution in [2.24, 2.45) is 0 Å². The molecule has 5 nitrogen and oxygen atoms in total. The second kappa shape index (κ2) is 7.41. The summed E-state index contributed by atoms with van der Waals surface area (Å²) in [7, 11) is 4.54. The van der Waals surface area contributed by atoms with E-state index in [-0.39, 0.29) is 5.91 Å². The van der Waals surface area contributed by atoms with Crippen molar-refractivity contribution >= 4 is 17.5 Å². The minimum Gasteiger partial charge on any atom is -0.496 e. The lowest BCUT2D eigenvalue weighted by Gasteiger charge is -2.27. The molecule has 0 fully saturated rings. The van der Waals surface area contributed by atoms with Gasteiger partial charge in [0.15, 0.2) is 11.5 Å². The summed E-state index contributed by atoms with van der Waals surface area (Å²) in [6, 6.07) is 3.22. The fourth-order valence-electron chi connectivity index (χ4n) is 1.76. The second-order valence-electron chi connectivity index (χ2n) is 4.91. The van der Waals surface area contributed by atoms with Gasteiger partial charge in [-0.15, -0.1) is 11.6 Å². The highest BCUT2D eigenvalue weighted by molar-refractivity contribution is 6.18. The highest BCUT2D eigenvalue weighted by Gasteiger charge is 2.26. The maximum atomic E-state index is 12.5. The van der Waals surface area contributed by atoms with Crippen LogP contribution in [0.1, 0.15) is 30.6 Å². The Morgan fingerprint density at radius 2 is 1.67 bits per heavy atom. The van der Waals surface area contributed by atoms with Crippen LogP contribution in [0.5, 0.6) is 17.2 Å². The Bertz CT molecular complexity index is 501. The molecule has 6 heteroatoms. The molecule has 0 radical (unpaired) electrons. The SMILES string of the molecule is CCC(C)(CCl)NC(=O)c1cc(OC)c(OC)cc1OC. The molecule has 0 spiro atoms. The molecule has 1 amide bonds. The van der Waals surface area contributed by atoms with E-state index in [1.807, 2.05) is 13.8 Å². The van der Waals surface area contributed by atoms with Gasteiger partial charge in [0.25, 0.3) is 5.91 Å². The summed E-state index contributed by atoms with van der Waals surface area (Å²) in [6.45, 7) is 3.86. The Kier molecular flexibility index (Phi) is 6.15. The van der Waals surface area contributed by atoms with Crippen LogP contribution in [0.15, 0.2) is 12.1 Å². The number of carbonyl (C=O) groups excluding carboxylic acids is 1. The highest BCUT2D eigenvalue weighted by Crippen LogP contribution is 2.34. The van der Waals surface area contributed by atoms with Crippen LogP contribution in [-0.2, 0) is 0 Å². The minimum absolute atomic E-state index is 0.266. The molecule has 0 saturated carbocycles. The number of halogens is 1. The summed E-state index contributed by atoms with van der Waals surface area (Å²) in [4.78, 5) is 12.5. The van der Waals surface area contributed by atoms with Crippen LogP contribution in [0.3, 0.4) is 0 Å². The van der Waals surface area contributed by atoms with Crippen LogP contribution < -0.4 is 19.5 Å². The van der Waals surface area contributed by atoms with Gasteiger partial charge < -0.3 is 19.5 Å². The molecule has 0 bridgehead atoms. The zero-order chi connectivity index (χ0) is 16.0. The molecule has 118 valence electrons. The van der Waals surface area contributed by atoms with Crippen molar-refractivity contribution in [3.63, 3.8) is 0 Å². The molecule has 0 aliphatic rings. The van der Waals surface area contributed by atoms with Crippen LogP contribution in [0.25, 0.3) is 0 Å². The average molecular weight is 316 g/mol. The van der Waals surface area contributed by atoms with Crippen molar-refractivity contribution in [2.75, 3.05) is 27.2 Å². The van der Waals surface area contributed by atoms with Crippen molar-refractivity contribution in [3.8, 4) is 17.2 Å². The molecule has 1 N–H and O–H groups in total. The van der Waals surface area contributed by atoms with E-state index in [2.05, 4.69) is 5.32 Å². The number of hydrogen-bond donors (Lipinski definition) is 1. The van der Waals surface area contributed by atoms with E-state index in [9.17, 15) is 4.79 Å². The quantitative estimate of drug-likeness (QED) is 0.786. The van der Waals surface area contributed by atoms with Gasteiger partial charge in [-0.2, -0.15) is 0 Å². The van der Waals surface area contributed by atoms with Gasteiger partial charge in [0.1, 0.15) is 5.75 Å². The van der Waals surface area contributed by atoms with Crippen LogP contribution in [-0.4, -0.2) is 38.7 Å². The Morgan fingerprint density at radius 3 is 2.10 bits per heavy atom. The molecule has 1 atom stereocenters. The molecule has 0 heterocycles. The Morgan fingerprint density at radius 1 is 1.14 bits per heavy atom. The van der Waals surface area contributed by atoms with E-state index in [0.29, 0.717) is 28.7 Å². The summed E-state index contributed by atoms with van der Waals surface area (Å²) in [5.41, 5.74) is -0.100. The zero-order valence-corrected chi connectivity index (χ0v) is 13.8. The summed E-state index contributed by atoms with van der Waals surface area (Å²) in [5.74, 6) is 1.44. The van der Waals surface area contributed by atoms with Crippen molar-refractivity contribution < 1.29 is 19.0 Å². The third kappa shape index (κ3) is 3.94. The normalized spacial score (nSPS) is 13.2. The first kappa shape index (κ1) is 17.4. The first-order chi connectivity index (χ1) is 9.94. The van der Waals surface area contributed by atoms with E-state index in [1.165, 1.54) is 21.3 Å². The molecule has 1 rings (SSSR count). The topological polar surface area (TPSA) is 56.8 Å². The van der Waals surface area contributed by atoms with Gasteiger partial charge in [0.2, 0.25) is 0 Å². The molecule has 0 aromatic heterocycles. The van der Waals surface area contributed by atoms with Crippen molar-refractivity contribution in [1.29, 1.82) is 0 Å². The van der Waals surface area contributed by atoms with Crippen LogP contribution >= 0.6 is 11.6 Å². The number of nitrogens with one attached hydrogen (secondary N) is 1. The lowest BCUT2D eigenvalue weighted by atomic mass is 10.0. The third-order valence-corrected chi connectivity index (χ3v) is 4.03. The van der Waals surface area contributed by atoms with Crippen LogP contribution in [0.4, 0.5) is 0 Å². The average Bonchev–Trinajstić information content (AvgIpc) is 2.52. The second-order valence-corrected chi connectivity index (χ2v) is 5.18. The maximum absolute atomic E-state index is 12.5. The summed E-state index contributed by atoms with van der Waals surface area (Å²) >= 11 is 5.93. The fourth-order valence-corrected chi connectivity index (χ4v) is 2.02. The molecule has 0 saturated heterocycles. The molecule has 21 heavy (non-hydrogen) atoms. The smallest absolute Gasteiger partial charge is 0.255 e. The number of methoxy groups -OCH3 is 3. The fraction of sp³-hybridized carbons (Fsp3) is 0.533. The van der Waals surface area contributed by atoms with E-state index < -0.39 is 5.54 Å². The van der Waals surface area contributed by atoms with E-state index in [1.54, 1.807) is 12.1 Å². The molecule has 0 aliphatic heterocycles. The van der Waals surface area contributed by atoms with Crippen molar-refractivity contribution in [2.45, 2.75) is 25.8 Å². The number of amides is 1. The molecule has 1 unspecified atom stereocenters. The lowest BCUT2D eigenvalue weighted by molar-refractivity contribution is 0.0909. The predicted octanol–water partition coefficient (Wildman–Crippen LogP) is 2.85. The molecule has 1 aromatic rings. The zero-order valence-electron chi connectivity index (χ0n) is 13.1. The first-order valence-electron chi connectivity index (χ1n) is 6.63. The van der Waals surface area contributed by atoms with Gasteiger partial charge in [-0.3, -0.25) is 4.79 Å². The van der Waals surface area contributed by atoms with Crippen molar-refractivity contribution in [1.82, 2.24) is 5.32 Å². The van der Waals surface area contributed by atoms with Crippen molar-refractivity contribution in [3.05, 3.63) is 17.7 Å². The first-order valence-corrected chi connectivity index (χ1v) is 7.16. The Labute approximate surface area is 130 Å². The van der Waals surface area contributed by atoms with E-state index in [0.717, 1.165) is 6.42 Å². The van der Waals surface area contributed by atoms with Gasteiger partial charge in [-0.05, 0) is 13.3 Å². The summed E-state index contributed by atoms with van der Waals surface area (Å²) in [5, 5.41) is 2.93. The highest BCUT2D eigenvalue weighted by atomic mass is 35.5. The number of ether oxygens (including phenoxy) is 3. The molecular formula is C15H22ClNO4. The van der Waals surface area contributed by atoms with E-state index >= 15 is 0 Å². The summed E-state index contributed by atoms with van der Waals surface area (Å²) < 4.78 is 15.7. The van der Waals surface area contributed by atoms with Gasteiger partial charge >= 0.3 is 0 Å². The maximum Gasteiger partial charge on any atom is 0.255 e. The molecular weight excluding hydrogens is 294 g/mol. The number of carbonyl (C=O) groups is 1. The number of hydrogen-bond acceptors (Lipinski definition) is 4. The summed E-state index contributed by atoms with van der Waals surface area (Å²) in [6.07, 6.45) is 0.720. The minimum atomic E-state index is -0.475.